The highest BCUT2D eigenvalue weighted by molar-refractivity contribution is 5.18. The minimum atomic E-state index is -4.71. The summed E-state index contributed by atoms with van der Waals surface area (Å²) >= 11 is 0. The summed E-state index contributed by atoms with van der Waals surface area (Å²) in [5.41, 5.74) is -2.50. The van der Waals surface area contributed by atoms with Gasteiger partial charge < -0.3 is 5.11 Å². The maximum atomic E-state index is 12.2. The molecule has 1 aromatic rings. The second-order valence-corrected chi connectivity index (χ2v) is 3.19. The Morgan fingerprint density at radius 3 is 2.07 bits per heavy atom. The van der Waals surface area contributed by atoms with E-state index in [-0.39, 0.29) is 0 Å². The first-order chi connectivity index (χ1) is 6.33. The van der Waals surface area contributed by atoms with Crippen molar-refractivity contribution in [2.45, 2.75) is 18.2 Å². The summed E-state index contributed by atoms with van der Waals surface area (Å²) in [7, 11) is 0. The van der Waals surface area contributed by atoms with E-state index in [1.54, 1.807) is 18.2 Å². The third-order valence-corrected chi connectivity index (χ3v) is 1.87. The molecule has 77 valence electrons. The zero-order valence-corrected chi connectivity index (χ0v) is 7.38. The molecule has 1 unspecified atom stereocenters. The van der Waals surface area contributed by atoms with E-state index in [9.17, 15) is 13.2 Å². The predicted octanol–water partition coefficient (Wildman–Crippen LogP) is 2.36. The Hall–Kier alpha value is -1.03. The molecule has 1 rings (SSSR count). The molecule has 0 bridgehead atoms. The van der Waals surface area contributed by atoms with Gasteiger partial charge in [-0.05, 0) is 12.5 Å². The first kappa shape index (κ1) is 11.0. The molecule has 0 fully saturated rings. The molecule has 1 N–H and O–H groups in total. The molecule has 0 aliphatic carbocycles. The molecule has 1 nitrogen and oxygen atoms in total. The van der Waals surface area contributed by atoms with Crippen molar-refractivity contribution < 1.29 is 18.3 Å². The molecule has 1 radical (unpaired) electrons. The van der Waals surface area contributed by atoms with Crippen LogP contribution in [-0.4, -0.2) is 16.9 Å². The Morgan fingerprint density at radius 1 is 1.14 bits per heavy atom. The highest BCUT2D eigenvalue weighted by atomic mass is 19.4. The summed E-state index contributed by atoms with van der Waals surface area (Å²) in [5, 5.41) is 9.07. The molecular weight excluding hydrogens is 193 g/mol. The van der Waals surface area contributed by atoms with Gasteiger partial charge in [-0.1, -0.05) is 30.3 Å². The van der Waals surface area contributed by atoms with Crippen LogP contribution in [0.2, 0.25) is 0 Å². The first-order valence-electron chi connectivity index (χ1n) is 4.01. The van der Waals surface area contributed by atoms with E-state index >= 15 is 0 Å². The molecule has 4 heteroatoms. The van der Waals surface area contributed by atoms with E-state index in [4.69, 9.17) is 5.11 Å². The van der Waals surface area contributed by atoms with Crippen LogP contribution in [0.25, 0.3) is 0 Å². The van der Waals surface area contributed by atoms with Gasteiger partial charge in [-0.3, -0.25) is 0 Å². The zero-order valence-electron chi connectivity index (χ0n) is 7.38. The van der Waals surface area contributed by atoms with Crippen LogP contribution in [0.3, 0.4) is 0 Å². The second-order valence-electron chi connectivity index (χ2n) is 3.19. The number of benzene rings is 1. The molecule has 0 aliphatic rings. The average molecular weight is 203 g/mol. The fourth-order valence-electron chi connectivity index (χ4n) is 1.03. The van der Waals surface area contributed by atoms with Crippen molar-refractivity contribution in [3.8, 4) is 0 Å². The topological polar surface area (TPSA) is 20.2 Å². The molecule has 0 aromatic heterocycles. The third kappa shape index (κ3) is 2.48. The van der Waals surface area contributed by atoms with Crippen LogP contribution in [0.15, 0.2) is 30.3 Å². The number of rotatable bonds is 2. The summed E-state index contributed by atoms with van der Waals surface area (Å²) in [4.78, 5) is 0. The van der Waals surface area contributed by atoms with E-state index in [0.717, 1.165) is 0 Å². The van der Waals surface area contributed by atoms with Gasteiger partial charge in [-0.2, -0.15) is 13.2 Å². The monoisotopic (exact) mass is 203 g/mol. The lowest BCUT2D eigenvalue weighted by molar-refractivity contribution is -0.240. The van der Waals surface area contributed by atoms with E-state index in [0.29, 0.717) is 5.56 Å². The molecule has 0 saturated carbocycles. The van der Waals surface area contributed by atoms with Gasteiger partial charge in [0, 0.05) is 6.42 Å². The van der Waals surface area contributed by atoms with Crippen molar-refractivity contribution in [2.24, 2.45) is 0 Å². The molecule has 0 spiro atoms. The second kappa shape index (κ2) is 3.61. The van der Waals surface area contributed by atoms with Gasteiger partial charge in [0.15, 0.2) is 5.60 Å². The highest BCUT2D eigenvalue weighted by Gasteiger charge is 2.49. The van der Waals surface area contributed by atoms with Crippen LogP contribution >= 0.6 is 0 Å². The normalized spacial score (nSPS) is 16.4. The van der Waals surface area contributed by atoms with Gasteiger partial charge in [-0.25, -0.2) is 0 Å². The van der Waals surface area contributed by atoms with Gasteiger partial charge in [-0.15, -0.1) is 0 Å². The average Bonchev–Trinajstić information content (AvgIpc) is 2.03. The standard InChI is InChI=1S/C10H10F3O/c1-9(14,10(11,12)13)7-8-5-3-2-4-6-8/h2-6,14H,1,7H2. The Bertz CT molecular complexity index is 290. The van der Waals surface area contributed by atoms with Gasteiger partial charge in [0.05, 0.1) is 0 Å². The molecule has 1 atom stereocenters. The number of aliphatic hydroxyl groups is 1. The fraction of sp³-hybridized carbons (Fsp3) is 0.300. The Kier molecular flexibility index (Phi) is 2.85. The van der Waals surface area contributed by atoms with Crippen molar-refractivity contribution >= 4 is 0 Å². The number of hydrogen-bond donors (Lipinski definition) is 1. The minimum Gasteiger partial charge on any atom is -0.380 e. The maximum Gasteiger partial charge on any atom is 0.417 e. The maximum absolute atomic E-state index is 12.2. The van der Waals surface area contributed by atoms with Crippen molar-refractivity contribution in [3.05, 3.63) is 42.8 Å². The van der Waals surface area contributed by atoms with E-state index in [1.165, 1.54) is 12.1 Å². The largest absolute Gasteiger partial charge is 0.417 e. The van der Waals surface area contributed by atoms with Gasteiger partial charge >= 0.3 is 6.18 Å². The highest BCUT2D eigenvalue weighted by Crippen LogP contribution is 2.32. The Balaban J connectivity index is 2.79. The number of alkyl halides is 3. The lowest BCUT2D eigenvalue weighted by atomic mass is 9.96. The van der Waals surface area contributed by atoms with Crippen molar-refractivity contribution in [2.75, 3.05) is 0 Å². The first-order valence-corrected chi connectivity index (χ1v) is 4.01. The summed E-state index contributed by atoms with van der Waals surface area (Å²) in [6.07, 6.45) is -5.24. The van der Waals surface area contributed by atoms with Gasteiger partial charge in [0.2, 0.25) is 0 Å². The predicted molar refractivity (Wildman–Crippen MR) is 46.5 cm³/mol. The van der Waals surface area contributed by atoms with Crippen molar-refractivity contribution in [1.82, 2.24) is 0 Å². The molecular formula is C10H10F3O. The van der Waals surface area contributed by atoms with Crippen LogP contribution in [-0.2, 0) is 6.42 Å². The molecule has 14 heavy (non-hydrogen) atoms. The number of hydrogen-bond acceptors (Lipinski definition) is 1. The van der Waals surface area contributed by atoms with Gasteiger partial charge in [0.1, 0.15) is 0 Å². The molecule has 0 heterocycles. The lowest BCUT2D eigenvalue weighted by Crippen LogP contribution is -2.44. The van der Waals surface area contributed by atoms with E-state index in [2.05, 4.69) is 6.92 Å². The summed E-state index contributed by atoms with van der Waals surface area (Å²) in [5.74, 6) is 0. The summed E-state index contributed by atoms with van der Waals surface area (Å²) in [6.45, 7) is 2.77. The Labute approximate surface area is 80.2 Å². The lowest BCUT2D eigenvalue weighted by Gasteiger charge is -2.25. The molecule has 0 saturated heterocycles. The summed E-state index contributed by atoms with van der Waals surface area (Å²) in [6, 6.07) is 7.95. The van der Waals surface area contributed by atoms with Crippen molar-refractivity contribution in [1.29, 1.82) is 0 Å². The van der Waals surface area contributed by atoms with Crippen molar-refractivity contribution in [3.63, 3.8) is 0 Å². The summed E-state index contributed by atoms with van der Waals surface area (Å²) < 4.78 is 36.6. The van der Waals surface area contributed by atoms with Crippen LogP contribution in [0, 0.1) is 6.92 Å². The Morgan fingerprint density at radius 2 is 1.64 bits per heavy atom. The van der Waals surface area contributed by atoms with E-state index < -0.39 is 18.2 Å². The molecule has 0 aliphatic heterocycles. The van der Waals surface area contributed by atoms with E-state index in [1.807, 2.05) is 0 Å². The van der Waals surface area contributed by atoms with Gasteiger partial charge in [0.25, 0.3) is 0 Å². The van der Waals surface area contributed by atoms with Crippen LogP contribution < -0.4 is 0 Å². The SMILES string of the molecule is [CH2]C(O)(Cc1ccccc1)C(F)(F)F. The van der Waals surface area contributed by atoms with Crippen LogP contribution in [0.4, 0.5) is 13.2 Å². The minimum absolute atomic E-state index is 0.405. The fourth-order valence-corrected chi connectivity index (χ4v) is 1.03. The molecule has 0 amide bonds. The zero-order chi connectivity index (χ0) is 10.8. The molecule has 1 aromatic carbocycles. The smallest absolute Gasteiger partial charge is 0.380 e. The van der Waals surface area contributed by atoms with Crippen LogP contribution in [0.5, 0.6) is 0 Å². The van der Waals surface area contributed by atoms with Crippen LogP contribution in [0.1, 0.15) is 5.56 Å². The number of halogens is 3. The quantitative estimate of drug-likeness (QED) is 0.782. The third-order valence-electron chi connectivity index (χ3n) is 1.87.